The third kappa shape index (κ3) is 2.46. The molecule has 0 aliphatic rings. The first kappa shape index (κ1) is 11.6. The summed E-state index contributed by atoms with van der Waals surface area (Å²) in [5.41, 5.74) is 1.56. The molecule has 0 saturated heterocycles. The van der Waals surface area contributed by atoms with Gasteiger partial charge >= 0.3 is 0 Å². The summed E-state index contributed by atoms with van der Waals surface area (Å²) in [7, 11) is 0. The first-order valence-corrected chi connectivity index (χ1v) is 6.03. The van der Waals surface area contributed by atoms with Crippen LogP contribution in [0.5, 0.6) is 0 Å². The molecule has 0 aliphatic heterocycles. The van der Waals surface area contributed by atoms with Gasteiger partial charge in [0.1, 0.15) is 6.10 Å². The Hall–Kier alpha value is -0.830. The number of benzene rings is 2. The Kier molecular flexibility index (Phi) is 3.64. The number of hydrogen-bond donors (Lipinski definition) is 1. The highest BCUT2D eigenvalue weighted by Crippen LogP contribution is 2.28. The lowest BCUT2D eigenvalue weighted by Gasteiger charge is -2.12. The van der Waals surface area contributed by atoms with Crippen LogP contribution in [0.25, 0.3) is 0 Å². The zero-order valence-electron chi connectivity index (χ0n) is 8.40. The molecular formula is C13H10BrClO. The molecule has 1 unspecified atom stereocenters. The molecule has 2 aromatic rings. The van der Waals surface area contributed by atoms with Crippen LogP contribution in [0.1, 0.15) is 17.2 Å². The molecule has 3 heteroatoms. The van der Waals surface area contributed by atoms with E-state index in [1.807, 2.05) is 42.5 Å². The molecular weight excluding hydrogens is 287 g/mol. The monoisotopic (exact) mass is 296 g/mol. The highest BCUT2D eigenvalue weighted by atomic mass is 79.9. The van der Waals surface area contributed by atoms with Gasteiger partial charge in [-0.2, -0.15) is 0 Å². The Morgan fingerprint density at radius 1 is 1.00 bits per heavy atom. The van der Waals surface area contributed by atoms with E-state index < -0.39 is 6.10 Å². The molecule has 82 valence electrons. The zero-order chi connectivity index (χ0) is 11.5. The summed E-state index contributed by atoms with van der Waals surface area (Å²) in [6, 6.07) is 14.9. The van der Waals surface area contributed by atoms with Crippen molar-refractivity contribution in [3.05, 3.63) is 69.2 Å². The summed E-state index contributed by atoms with van der Waals surface area (Å²) >= 11 is 9.39. The van der Waals surface area contributed by atoms with Gasteiger partial charge in [-0.1, -0.05) is 57.9 Å². The van der Waals surface area contributed by atoms with Crippen molar-refractivity contribution in [2.45, 2.75) is 6.10 Å². The highest BCUT2D eigenvalue weighted by molar-refractivity contribution is 9.10. The van der Waals surface area contributed by atoms with Crippen LogP contribution in [0, 0.1) is 0 Å². The Morgan fingerprint density at radius 2 is 1.62 bits per heavy atom. The maximum absolute atomic E-state index is 10.2. The topological polar surface area (TPSA) is 20.2 Å². The molecule has 1 N–H and O–H groups in total. The van der Waals surface area contributed by atoms with E-state index in [1.54, 1.807) is 6.07 Å². The smallest absolute Gasteiger partial charge is 0.105 e. The van der Waals surface area contributed by atoms with E-state index in [2.05, 4.69) is 15.9 Å². The van der Waals surface area contributed by atoms with Crippen molar-refractivity contribution in [3.8, 4) is 0 Å². The molecule has 0 spiro atoms. The molecule has 16 heavy (non-hydrogen) atoms. The van der Waals surface area contributed by atoms with Gasteiger partial charge in [0, 0.05) is 15.1 Å². The maximum Gasteiger partial charge on any atom is 0.105 e. The lowest BCUT2D eigenvalue weighted by atomic mass is 10.0. The average molecular weight is 298 g/mol. The van der Waals surface area contributed by atoms with Crippen LogP contribution in [0.4, 0.5) is 0 Å². The standard InChI is InChI=1S/C13H10BrClO/c14-10-7-5-9(6-8-10)13(16)11-3-1-2-4-12(11)15/h1-8,13,16H. The van der Waals surface area contributed by atoms with Gasteiger partial charge in [0.15, 0.2) is 0 Å². The van der Waals surface area contributed by atoms with Gasteiger partial charge in [0.05, 0.1) is 0 Å². The minimum Gasteiger partial charge on any atom is -0.384 e. The lowest BCUT2D eigenvalue weighted by Crippen LogP contribution is -1.99. The van der Waals surface area contributed by atoms with E-state index in [1.165, 1.54) is 0 Å². The van der Waals surface area contributed by atoms with Crippen LogP contribution in [-0.2, 0) is 0 Å². The quantitative estimate of drug-likeness (QED) is 0.881. The van der Waals surface area contributed by atoms with Crippen LogP contribution in [0.2, 0.25) is 5.02 Å². The highest BCUT2D eigenvalue weighted by Gasteiger charge is 2.12. The van der Waals surface area contributed by atoms with E-state index in [0.29, 0.717) is 5.02 Å². The van der Waals surface area contributed by atoms with Crippen LogP contribution < -0.4 is 0 Å². The summed E-state index contributed by atoms with van der Waals surface area (Å²) in [5, 5.41) is 10.7. The fourth-order valence-corrected chi connectivity index (χ4v) is 2.02. The van der Waals surface area contributed by atoms with E-state index >= 15 is 0 Å². The number of halogens is 2. The fourth-order valence-electron chi connectivity index (χ4n) is 1.52. The summed E-state index contributed by atoms with van der Waals surface area (Å²) in [4.78, 5) is 0. The van der Waals surface area contributed by atoms with Gasteiger partial charge in [0.2, 0.25) is 0 Å². The number of rotatable bonds is 2. The van der Waals surface area contributed by atoms with Crippen molar-refractivity contribution in [1.29, 1.82) is 0 Å². The van der Waals surface area contributed by atoms with Gasteiger partial charge in [-0.3, -0.25) is 0 Å². The first-order chi connectivity index (χ1) is 7.68. The summed E-state index contributed by atoms with van der Waals surface area (Å²) < 4.78 is 0.989. The first-order valence-electron chi connectivity index (χ1n) is 4.86. The Bertz CT molecular complexity index is 482. The second-order valence-electron chi connectivity index (χ2n) is 3.48. The molecule has 2 rings (SSSR count). The zero-order valence-corrected chi connectivity index (χ0v) is 10.7. The predicted molar refractivity (Wildman–Crippen MR) is 69.7 cm³/mol. The minimum absolute atomic E-state index is 0.581. The molecule has 1 nitrogen and oxygen atoms in total. The van der Waals surface area contributed by atoms with E-state index in [-0.39, 0.29) is 0 Å². The summed E-state index contributed by atoms with van der Waals surface area (Å²) in [5.74, 6) is 0. The van der Waals surface area contributed by atoms with Gasteiger partial charge in [-0.05, 0) is 23.8 Å². The van der Waals surface area contributed by atoms with Crippen molar-refractivity contribution < 1.29 is 5.11 Å². The van der Waals surface area contributed by atoms with Gasteiger partial charge in [-0.25, -0.2) is 0 Å². The van der Waals surface area contributed by atoms with Crippen molar-refractivity contribution in [3.63, 3.8) is 0 Å². The van der Waals surface area contributed by atoms with E-state index in [0.717, 1.165) is 15.6 Å². The molecule has 0 aliphatic carbocycles. The van der Waals surface area contributed by atoms with Gasteiger partial charge in [0.25, 0.3) is 0 Å². The molecule has 1 atom stereocenters. The van der Waals surface area contributed by atoms with E-state index in [4.69, 9.17) is 11.6 Å². The molecule has 0 bridgehead atoms. The number of aliphatic hydroxyl groups excluding tert-OH is 1. The molecule has 2 aromatic carbocycles. The fraction of sp³-hybridized carbons (Fsp3) is 0.0769. The second-order valence-corrected chi connectivity index (χ2v) is 4.80. The van der Waals surface area contributed by atoms with Gasteiger partial charge in [-0.15, -0.1) is 0 Å². The Balaban J connectivity index is 2.35. The van der Waals surface area contributed by atoms with Crippen LogP contribution in [0.3, 0.4) is 0 Å². The minimum atomic E-state index is -0.679. The summed E-state index contributed by atoms with van der Waals surface area (Å²) in [6.07, 6.45) is -0.679. The second kappa shape index (κ2) is 5.00. The Labute approximate surface area is 108 Å². The maximum atomic E-state index is 10.2. The van der Waals surface area contributed by atoms with Crippen LogP contribution in [0.15, 0.2) is 53.0 Å². The lowest BCUT2D eigenvalue weighted by molar-refractivity contribution is 0.220. The Morgan fingerprint density at radius 3 is 2.25 bits per heavy atom. The van der Waals surface area contributed by atoms with Crippen molar-refractivity contribution >= 4 is 27.5 Å². The van der Waals surface area contributed by atoms with Crippen LogP contribution in [-0.4, -0.2) is 5.11 Å². The SMILES string of the molecule is OC(c1ccc(Br)cc1)c1ccccc1Cl. The van der Waals surface area contributed by atoms with Crippen molar-refractivity contribution in [2.24, 2.45) is 0 Å². The molecule has 0 aromatic heterocycles. The summed E-state index contributed by atoms with van der Waals surface area (Å²) in [6.45, 7) is 0. The van der Waals surface area contributed by atoms with Crippen LogP contribution >= 0.6 is 27.5 Å². The number of aliphatic hydroxyl groups is 1. The van der Waals surface area contributed by atoms with E-state index in [9.17, 15) is 5.11 Å². The number of hydrogen-bond acceptors (Lipinski definition) is 1. The third-order valence-corrected chi connectivity index (χ3v) is 3.26. The van der Waals surface area contributed by atoms with Crippen molar-refractivity contribution in [1.82, 2.24) is 0 Å². The normalized spacial score (nSPS) is 12.4. The molecule has 0 heterocycles. The predicted octanol–water partition coefficient (Wildman–Crippen LogP) is 4.18. The van der Waals surface area contributed by atoms with Crippen molar-refractivity contribution in [2.75, 3.05) is 0 Å². The third-order valence-electron chi connectivity index (χ3n) is 2.39. The average Bonchev–Trinajstić information content (AvgIpc) is 2.30. The van der Waals surface area contributed by atoms with Gasteiger partial charge < -0.3 is 5.11 Å². The molecule has 0 saturated carbocycles. The molecule has 0 amide bonds. The largest absolute Gasteiger partial charge is 0.384 e. The molecule has 0 fully saturated rings. The molecule has 0 radical (unpaired) electrons.